The van der Waals surface area contributed by atoms with Gasteiger partial charge in [0.15, 0.2) is 0 Å². The molecule has 6 heteroatoms. The van der Waals surface area contributed by atoms with Crippen LogP contribution in [0.25, 0.3) is 0 Å². The van der Waals surface area contributed by atoms with Crippen molar-refractivity contribution in [3.05, 3.63) is 0 Å². The summed E-state index contributed by atoms with van der Waals surface area (Å²) in [5.41, 5.74) is 5.63. The van der Waals surface area contributed by atoms with Crippen molar-refractivity contribution in [1.29, 1.82) is 0 Å². The van der Waals surface area contributed by atoms with Gasteiger partial charge in [-0.05, 0) is 33.7 Å². The van der Waals surface area contributed by atoms with Gasteiger partial charge in [-0.2, -0.15) is 0 Å². The van der Waals surface area contributed by atoms with Crippen molar-refractivity contribution in [2.24, 2.45) is 5.73 Å². The zero-order chi connectivity index (χ0) is 13.2. The average molecular weight is 274 g/mol. The standard InChI is InChI=1S/C12H26N2O3Si/c1-10-7-14-8-11(2)16-18(15-10,6-4-5-13)17-12(3)9-14/h10-12H,4-9,13H2,1-3H3/t10-,11-,12-/m0/s1. The van der Waals surface area contributed by atoms with Crippen molar-refractivity contribution in [3.63, 3.8) is 0 Å². The van der Waals surface area contributed by atoms with Gasteiger partial charge >= 0.3 is 8.80 Å². The van der Waals surface area contributed by atoms with E-state index >= 15 is 0 Å². The first-order chi connectivity index (χ1) is 8.53. The molecule has 2 N–H and O–H groups in total. The molecule has 0 aromatic heterocycles. The van der Waals surface area contributed by atoms with Gasteiger partial charge in [0.2, 0.25) is 0 Å². The highest BCUT2D eigenvalue weighted by molar-refractivity contribution is 6.60. The molecule has 0 amide bonds. The van der Waals surface area contributed by atoms with Crippen molar-refractivity contribution in [2.45, 2.75) is 51.5 Å². The van der Waals surface area contributed by atoms with E-state index < -0.39 is 8.80 Å². The summed E-state index contributed by atoms with van der Waals surface area (Å²) in [7, 11) is -2.54. The summed E-state index contributed by atoms with van der Waals surface area (Å²) < 4.78 is 18.6. The van der Waals surface area contributed by atoms with Crippen molar-refractivity contribution in [3.8, 4) is 0 Å². The van der Waals surface area contributed by atoms with Gasteiger partial charge in [-0.1, -0.05) is 0 Å². The third-order valence-corrected chi connectivity index (χ3v) is 6.63. The molecular formula is C12H26N2O3Si. The predicted octanol–water partition coefficient (Wildman–Crippen LogP) is 0.819. The fourth-order valence-corrected chi connectivity index (χ4v) is 6.14. The van der Waals surface area contributed by atoms with Crippen LogP contribution in [0.4, 0.5) is 0 Å². The minimum Gasteiger partial charge on any atom is -0.369 e. The minimum absolute atomic E-state index is 0.175. The maximum Gasteiger partial charge on any atom is 0.501 e. The molecule has 0 spiro atoms. The summed E-state index contributed by atoms with van der Waals surface area (Å²) in [6.45, 7) is 9.89. The summed E-state index contributed by atoms with van der Waals surface area (Å²) in [4.78, 5) is 2.38. The summed E-state index contributed by atoms with van der Waals surface area (Å²) in [5.74, 6) is 0. The molecule has 106 valence electrons. The Morgan fingerprint density at radius 2 is 1.44 bits per heavy atom. The van der Waals surface area contributed by atoms with Crippen LogP contribution in [-0.4, -0.2) is 58.2 Å². The first-order valence-corrected chi connectivity index (χ1v) is 8.92. The van der Waals surface area contributed by atoms with Crippen LogP contribution in [0.1, 0.15) is 27.2 Å². The molecule has 0 radical (unpaired) electrons. The van der Waals surface area contributed by atoms with Crippen LogP contribution in [0.3, 0.4) is 0 Å². The van der Waals surface area contributed by atoms with Crippen LogP contribution < -0.4 is 5.73 Å². The lowest BCUT2D eigenvalue weighted by Crippen LogP contribution is -2.61. The molecule has 3 heterocycles. The fraction of sp³-hybridized carbons (Fsp3) is 1.00. The molecule has 0 aliphatic carbocycles. The van der Waals surface area contributed by atoms with E-state index in [9.17, 15) is 0 Å². The van der Waals surface area contributed by atoms with Gasteiger partial charge in [-0.25, -0.2) is 0 Å². The first-order valence-electron chi connectivity index (χ1n) is 6.99. The Morgan fingerprint density at radius 1 is 1.00 bits per heavy atom. The molecule has 3 atom stereocenters. The molecular weight excluding hydrogens is 248 g/mol. The van der Waals surface area contributed by atoms with Crippen LogP contribution in [0.15, 0.2) is 0 Å². The Balaban J connectivity index is 2.18. The minimum atomic E-state index is -2.54. The lowest BCUT2D eigenvalue weighted by Gasteiger charge is -2.45. The SMILES string of the molecule is C[C@H]1CN2C[C@H](C)O[Si](CCCN)(O1)O[C@@H](C)C2. The molecule has 3 rings (SSSR count). The second-order valence-corrected chi connectivity index (χ2v) is 8.15. The topological polar surface area (TPSA) is 57.0 Å². The lowest BCUT2D eigenvalue weighted by molar-refractivity contribution is -0.0790. The van der Waals surface area contributed by atoms with Crippen molar-refractivity contribution >= 4 is 8.80 Å². The molecule has 5 nitrogen and oxygen atoms in total. The van der Waals surface area contributed by atoms with Crippen LogP contribution in [-0.2, 0) is 13.3 Å². The third kappa shape index (κ3) is 3.52. The fourth-order valence-electron chi connectivity index (χ4n) is 2.92. The number of fused-ring (bicyclic) bond motifs is 6. The Kier molecular flexibility index (Phi) is 4.79. The van der Waals surface area contributed by atoms with Gasteiger partial charge in [0.25, 0.3) is 0 Å². The highest BCUT2D eigenvalue weighted by Crippen LogP contribution is 2.28. The molecule has 3 aliphatic heterocycles. The summed E-state index contributed by atoms with van der Waals surface area (Å²) in [6.07, 6.45) is 1.43. The van der Waals surface area contributed by atoms with Gasteiger partial charge in [0, 0.05) is 25.7 Å². The lowest BCUT2D eigenvalue weighted by atomic mass is 10.2. The van der Waals surface area contributed by atoms with E-state index in [0.29, 0.717) is 6.54 Å². The highest BCUT2D eigenvalue weighted by atomic mass is 28.4. The van der Waals surface area contributed by atoms with Gasteiger partial charge in [0.1, 0.15) is 0 Å². The predicted molar refractivity (Wildman–Crippen MR) is 72.3 cm³/mol. The highest BCUT2D eigenvalue weighted by Gasteiger charge is 2.48. The molecule has 2 bridgehead atoms. The number of nitrogens with zero attached hydrogens (tertiary/aromatic N) is 1. The van der Waals surface area contributed by atoms with Crippen molar-refractivity contribution < 1.29 is 13.3 Å². The van der Waals surface area contributed by atoms with Crippen molar-refractivity contribution in [1.82, 2.24) is 4.90 Å². The zero-order valence-electron chi connectivity index (χ0n) is 11.7. The van der Waals surface area contributed by atoms with E-state index in [0.717, 1.165) is 32.1 Å². The van der Waals surface area contributed by atoms with Crippen LogP contribution in [0.2, 0.25) is 6.04 Å². The Labute approximate surface area is 111 Å². The van der Waals surface area contributed by atoms with E-state index in [2.05, 4.69) is 25.7 Å². The second-order valence-electron chi connectivity index (χ2n) is 5.58. The van der Waals surface area contributed by atoms with E-state index in [1.165, 1.54) is 0 Å². The van der Waals surface area contributed by atoms with E-state index in [-0.39, 0.29) is 18.3 Å². The van der Waals surface area contributed by atoms with Crippen LogP contribution in [0, 0.1) is 0 Å². The van der Waals surface area contributed by atoms with E-state index in [1.54, 1.807) is 0 Å². The maximum absolute atomic E-state index is 6.19. The normalized spacial score (nSPS) is 45.3. The first kappa shape index (κ1) is 14.4. The third-order valence-electron chi connectivity index (χ3n) is 3.38. The Morgan fingerprint density at radius 3 is 1.83 bits per heavy atom. The second kappa shape index (κ2) is 5.98. The number of hydrogen-bond acceptors (Lipinski definition) is 5. The van der Waals surface area contributed by atoms with E-state index in [4.69, 9.17) is 19.0 Å². The van der Waals surface area contributed by atoms with Gasteiger partial charge in [-0.3, -0.25) is 4.90 Å². The molecule has 3 fully saturated rings. The van der Waals surface area contributed by atoms with Gasteiger partial charge in [-0.15, -0.1) is 0 Å². The quantitative estimate of drug-likeness (QED) is 0.772. The molecule has 3 aliphatic rings. The number of rotatable bonds is 3. The van der Waals surface area contributed by atoms with E-state index in [1.807, 2.05) is 0 Å². The zero-order valence-corrected chi connectivity index (χ0v) is 12.7. The molecule has 3 saturated heterocycles. The Hall–Kier alpha value is 0.0169. The number of nitrogens with two attached hydrogens (primary N) is 1. The largest absolute Gasteiger partial charge is 0.501 e. The average Bonchev–Trinajstić information content (AvgIpc) is 2.21. The smallest absolute Gasteiger partial charge is 0.369 e. The molecule has 0 aromatic carbocycles. The van der Waals surface area contributed by atoms with Crippen LogP contribution >= 0.6 is 0 Å². The maximum atomic E-state index is 6.19. The molecule has 0 saturated carbocycles. The molecule has 0 aromatic rings. The van der Waals surface area contributed by atoms with Gasteiger partial charge < -0.3 is 19.0 Å². The van der Waals surface area contributed by atoms with Crippen LogP contribution in [0.5, 0.6) is 0 Å². The Bertz CT molecular complexity index is 244. The molecule has 0 unspecified atom stereocenters. The van der Waals surface area contributed by atoms with Crippen molar-refractivity contribution in [2.75, 3.05) is 26.2 Å². The number of hydrogen-bond donors (Lipinski definition) is 1. The monoisotopic (exact) mass is 274 g/mol. The summed E-state index contributed by atoms with van der Waals surface area (Å²) >= 11 is 0. The molecule has 18 heavy (non-hydrogen) atoms. The summed E-state index contributed by atoms with van der Waals surface area (Å²) in [5, 5.41) is 0. The summed E-state index contributed by atoms with van der Waals surface area (Å²) in [6, 6.07) is 0.836. The van der Waals surface area contributed by atoms with Gasteiger partial charge in [0.05, 0.1) is 18.3 Å².